The number of benzene rings is 2. The number of rotatable bonds is 7. The Bertz CT molecular complexity index is 1770. The number of carbonyl (C=O) groups is 1. The van der Waals surface area contributed by atoms with E-state index in [-0.39, 0.29) is 21.5 Å². The van der Waals surface area contributed by atoms with Gasteiger partial charge in [-0.05, 0) is 63.9 Å². The number of H-pyrrole nitrogens is 1. The lowest BCUT2D eigenvalue weighted by molar-refractivity contribution is -0.131. The molecule has 1 amide bonds. The molecule has 2 aromatic carbocycles. The van der Waals surface area contributed by atoms with Crippen LogP contribution >= 0.6 is 0 Å². The number of aromatic amines is 1. The molecule has 11 nitrogen and oxygen atoms in total. The van der Waals surface area contributed by atoms with Crippen molar-refractivity contribution in [3.63, 3.8) is 0 Å². The molecule has 0 spiro atoms. The fraction of sp³-hybridized carbons (Fsp3) is 0.429. The predicted octanol–water partition coefficient (Wildman–Crippen LogP) is 2.45. The van der Waals surface area contributed by atoms with Gasteiger partial charge in [-0.1, -0.05) is 24.6 Å². The molecule has 0 radical (unpaired) electrons. The molecule has 0 aliphatic carbocycles. The smallest absolute Gasteiger partial charge is 0.281 e. The van der Waals surface area contributed by atoms with Crippen LogP contribution in [0.1, 0.15) is 38.3 Å². The largest absolute Gasteiger partial charge is 0.369 e. The van der Waals surface area contributed by atoms with Crippen molar-refractivity contribution in [3.8, 4) is 0 Å². The van der Waals surface area contributed by atoms with Crippen LogP contribution in [0.5, 0.6) is 0 Å². The highest BCUT2D eigenvalue weighted by Crippen LogP contribution is 2.28. The standard InChI is InChI=1S/C28H35N7O4S/c1-6-11-29-27(37)28(4,5)34-14-12-33(13-15-34)20-8-9-21-22(17-20)35-24(30-25(21)36)26(31-32-35)40(38,39)23-10-7-18(2)16-19(23)3/h7-10,16-17,32H,6,11-15H2,1-5H3,(H,29,37). The molecule has 2 aromatic heterocycles. The Balaban J connectivity index is 1.47. The zero-order chi connectivity index (χ0) is 28.8. The first kappa shape index (κ1) is 27.8. The van der Waals surface area contributed by atoms with Gasteiger partial charge in [0.2, 0.25) is 20.8 Å². The second-order valence-corrected chi connectivity index (χ2v) is 12.7. The van der Waals surface area contributed by atoms with Crippen LogP contribution in [0.2, 0.25) is 0 Å². The van der Waals surface area contributed by atoms with Gasteiger partial charge in [-0.2, -0.15) is 4.98 Å². The molecule has 4 aromatic rings. The first-order valence-electron chi connectivity index (χ1n) is 13.5. The van der Waals surface area contributed by atoms with E-state index in [0.717, 1.165) is 17.7 Å². The monoisotopic (exact) mass is 565 g/mol. The van der Waals surface area contributed by atoms with Crippen LogP contribution in [-0.4, -0.2) is 77.3 Å². The molecule has 1 aliphatic heterocycles. The van der Waals surface area contributed by atoms with Gasteiger partial charge in [-0.15, -0.1) is 5.10 Å². The Labute approximate surface area is 233 Å². The number of amides is 1. The quantitative estimate of drug-likeness (QED) is 0.349. The molecular formula is C28H35N7O4S. The Morgan fingerprint density at radius 3 is 2.48 bits per heavy atom. The first-order valence-corrected chi connectivity index (χ1v) is 14.9. The van der Waals surface area contributed by atoms with E-state index >= 15 is 0 Å². The van der Waals surface area contributed by atoms with Gasteiger partial charge < -0.3 is 10.2 Å². The number of nitrogens with one attached hydrogen (secondary N) is 2. The van der Waals surface area contributed by atoms with Crippen LogP contribution in [0.15, 0.2) is 51.1 Å². The number of sulfone groups is 1. The summed E-state index contributed by atoms with van der Waals surface area (Å²) in [5, 5.41) is 9.93. The molecular weight excluding hydrogens is 530 g/mol. The fourth-order valence-electron chi connectivity index (χ4n) is 5.30. The normalized spacial score (nSPS) is 15.2. The number of anilines is 1. The molecule has 1 saturated heterocycles. The summed E-state index contributed by atoms with van der Waals surface area (Å²) in [7, 11) is -4.03. The lowest BCUT2D eigenvalue weighted by Crippen LogP contribution is -2.60. The van der Waals surface area contributed by atoms with E-state index in [9.17, 15) is 18.0 Å². The molecule has 0 atom stereocenters. The Kier molecular flexibility index (Phi) is 7.17. The van der Waals surface area contributed by atoms with Crippen molar-refractivity contribution in [1.29, 1.82) is 0 Å². The molecule has 40 heavy (non-hydrogen) atoms. The molecule has 1 fully saturated rings. The molecule has 5 rings (SSSR count). The highest BCUT2D eigenvalue weighted by atomic mass is 32.2. The summed E-state index contributed by atoms with van der Waals surface area (Å²) in [5.41, 5.74) is 1.72. The third kappa shape index (κ3) is 4.75. The van der Waals surface area contributed by atoms with E-state index in [4.69, 9.17) is 0 Å². The van der Waals surface area contributed by atoms with Crippen molar-refractivity contribution in [1.82, 2.24) is 30.0 Å². The summed E-state index contributed by atoms with van der Waals surface area (Å²) in [6.45, 7) is 13.0. The minimum Gasteiger partial charge on any atom is -0.369 e. The molecule has 0 unspecified atom stereocenters. The fourth-order valence-corrected chi connectivity index (χ4v) is 6.78. The third-order valence-electron chi connectivity index (χ3n) is 7.72. The van der Waals surface area contributed by atoms with E-state index in [2.05, 4.69) is 30.4 Å². The molecule has 0 bridgehead atoms. The summed E-state index contributed by atoms with van der Waals surface area (Å²) >= 11 is 0. The summed E-state index contributed by atoms with van der Waals surface area (Å²) in [6.07, 6.45) is 0.888. The summed E-state index contributed by atoms with van der Waals surface area (Å²) in [6, 6.07) is 10.5. The lowest BCUT2D eigenvalue weighted by atomic mass is 10.00. The van der Waals surface area contributed by atoms with E-state index in [0.29, 0.717) is 49.2 Å². The summed E-state index contributed by atoms with van der Waals surface area (Å²) < 4.78 is 28.5. The van der Waals surface area contributed by atoms with Crippen molar-refractivity contribution in [3.05, 3.63) is 57.9 Å². The average Bonchev–Trinajstić information content (AvgIpc) is 3.36. The molecule has 2 N–H and O–H groups in total. The topological polar surface area (TPSA) is 133 Å². The molecule has 12 heteroatoms. The highest BCUT2D eigenvalue weighted by Gasteiger charge is 2.36. The average molecular weight is 566 g/mol. The van der Waals surface area contributed by atoms with Crippen LogP contribution in [0, 0.1) is 13.8 Å². The SMILES string of the molecule is CCCNC(=O)C(C)(C)N1CCN(c2ccc3c(=O)nc4c(S(=O)(=O)c5ccc(C)cc5C)n[nH]n4c3c2)CC1. The van der Waals surface area contributed by atoms with Crippen molar-refractivity contribution in [2.45, 2.75) is 56.5 Å². The minimum atomic E-state index is -4.03. The summed E-state index contributed by atoms with van der Waals surface area (Å²) in [4.78, 5) is 34.3. The first-order chi connectivity index (χ1) is 18.9. The zero-order valence-electron chi connectivity index (χ0n) is 23.5. The van der Waals surface area contributed by atoms with Gasteiger partial charge in [-0.25, -0.2) is 18.1 Å². The van der Waals surface area contributed by atoms with Gasteiger partial charge in [0.1, 0.15) is 0 Å². The number of nitrogens with zero attached hydrogens (tertiary/aromatic N) is 5. The maximum Gasteiger partial charge on any atom is 0.281 e. The highest BCUT2D eigenvalue weighted by molar-refractivity contribution is 7.91. The number of hydrogen-bond donors (Lipinski definition) is 2. The lowest BCUT2D eigenvalue weighted by Gasteiger charge is -2.43. The predicted molar refractivity (Wildman–Crippen MR) is 154 cm³/mol. The Hall–Kier alpha value is -3.77. The van der Waals surface area contributed by atoms with E-state index in [1.165, 1.54) is 4.52 Å². The van der Waals surface area contributed by atoms with Gasteiger partial charge >= 0.3 is 0 Å². The van der Waals surface area contributed by atoms with Crippen molar-refractivity contribution >= 4 is 38.0 Å². The van der Waals surface area contributed by atoms with Crippen LogP contribution in [0.25, 0.3) is 16.6 Å². The molecule has 1 aliphatic rings. The maximum atomic E-state index is 13.5. The summed E-state index contributed by atoms with van der Waals surface area (Å²) in [5.74, 6) is 0.0219. The van der Waals surface area contributed by atoms with Gasteiger partial charge in [0.15, 0.2) is 5.65 Å². The van der Waals surface area contributed by atoms with E-state index < -0.39 is 20.9 Å². The number of fused-ring (bicyclic) bond motifs is 3. The van der Waals surface area contributed by atoms with Gasteiger partial charge in [0, 0.05) is 38.4 Å². The second kappa shape index (κ2) is 10.3. The molecule has 212 valence electrons. The number of hydrogen-bond acceptors (Lipinski definition) is 8. The second-order valence-electron chi connectivity index (χ2n) is 10.9. The van der Waals surface area contributed by atoms with Crippen molar-refractivity contribution in [2.24, 2.45) is 0 Å². The van der Waals surface area contributed by atoms with Crippen LogP contribution in [0.3, 0.4) is 0 Å². The zero-order valence-corrected chi connectivity index (χ0v) is 24.3. The van der Waals surface area contributed by atoms with E-state index in [1.54, 1.807) is 31.2 Å². The number of carbonyl (C=O) groups excluding carboxylic acids is 1. The van der Waals surface area contributed by atoms with E-state index in [1.807, 2.05) is 39.8 Å². The van der Waals surface area contributed by atoms with Crippen LogP contribution in [0.4, 0.5) is 5.69 Å². The number of piperazine rings is 1. The van der Waals surface area contributed by atoms with Crippen LogP contribution < -0.4 is 15.8 Å². The molecule has 0 saturated carbocycles. The van der Waals surface area contributed by atoms with Crippen LogP contribution in [-0.2, 0) is 14.6 Å². The number of aromatic nitrogens is 4. The molecule has 3 heterocycles. The van der Waals surface area contributed by atoms with Crippen molar-refractivity contribution in [2.75, 3.05) is 37.6 Å². The third-order valence-corrected chi connectivity index (χ3v) is 9.54. The maximum absolute atomic E-state index is 13.5. The van der Waals surface area contributed by atoms with Gasteiger partial charge in [0.05, 0.1) is 21.3 Å². The Morgan fingerprint density at radius 1 is 1.07 bits per heavy atom. The van der Waals surface area contributed by atoms with Crippen molar-refractivity contribution < 1.29 is 13.2 Å². The number of aryl methyl sites for hydroxylation is 2. The van der Waals surface area contributed by atoms with Gasteiger partial charge in [0.25, 0.3) is 5.56 Å². The Morgan fingerprint density at radius 2 is 1.80 bits per heavy atom. The minimum absolute atomic E-state index is 0.0219. The van der Waals surface area contributed by atoms with Gasteiger partial charge in [-0.3, -0.25) is 14.5 Å².